The molecule has 128 valence electrons. The highest BCUT2D eigenvalue weighted by molar-refractivity contribution is 7.89. The molecule has 5 nitrogen and oxygen atoms in total. The van der Waals surface area contributed by atoms with E-state index in [1.165, 1.54) is 0 Å². The summed E-state index contributed by atoms with van der Waals surface area (Å²) in [7, 11) is -9.46. The Balaban J connectivity index is 0.000000463. The SMILES string of the molecule is CS(=O)(=O)NC(=O)CC[n+]1csc2ccccc21.F[B-](F)(F)F. The van der Waals surface area contributed by atoms with Crippen molar-refractivity contribution in [3.63, 3.8) is 0 Å². The van der Waals surface area contributed by atoms with Crippen molar-refractivity contribution in [2.75, 3.05) is 6.26 Å². The van der Waals surface area contributed by atoms with E-state index in [2.05, 4.69) is 0 Å². The quantitative estimate of drug-likeness (QED) is 0.507. The van der Waals surface area contributed by atoms with Crippen molar-refractivity contribution in [3.05, 3.63) is 29.8 Å². The lowest BCUT2D eigenvalue weighted by Crippen LogP contribution is -2.37. The van der Waals surface area contributed by atoms with E-state index in [-0.39, 0.29) is 6.42 Å². The molecule has 1 amide bonds. The summed E-state index contributed by atoms with van der Waals surface area (Å²) in [6.45, 7) is 0.464. The molecule has 12 heteroatoms. The molecule has 1 N–H and O–H groups in total. The predicted octanol–water partition coefficient (Wildman–Crippen LogP) is 1.95. The molecule has 0 saturated carbocycles. The number of sulfonamides is 1. The van der Waals surface area contributed by atoms with E-state index in [4.69, 9.17) is 0 Å². The number of thiazole rings is 1. The molecule has 2 rings (SSSR count). The maximum absolute atomic E-state index is 11.4. The van der Waals surface area contributed by atoms with Crippen LogP contribution in [-0.4, -0.2) is 27.8 Å². The number of halogens is 4. The summed E-state index contributed by atoms with van der Waals surface area (Å²) in [6, 6.07) is 7.87. The molecule has 1 heterocycles. The molecule has 0 aliphatic carbocycles. The van der Waals surface area contributed by atoms with Gasteiger partial charge in [0.1, 0.15) is 4.70 Å². The average Bonchev–Trinajstić information content (AvgIpc) is 2.75. The van der Waals surface area contributed by atoms with Gasteiger partial charge in [-0.1, -0.05) is 23.5 Å². The first-order chi connectivity index (χ1) is 10.5. The lowest BCUT2D eigenvalue weighted by Gasteiger charge is -1.99. The molecule has 0 bridgehead atoms. The van der Waals surface area contributed by atoms with Crippen LogP contribution in [0.15, 0.2) is 29.8 Å². The molecular weight excluding hydrogens is 359 g/mol. The van der Waals surface area contributed by atoms with Crippen LogP contribution in [0.1, 0.15) is 6.42 Å². The monoisotopic (exact) mass is 372 g/mol. The second-order valence-electron chi connectivity index (χ2n) is 4.43. The Hall–Kier alpha value is -1.69. The highest BCUT2D eigenvalue weighted by Gasteiger charge is 2.20. The van der Waals surface area contributed by atoms with Crippen LogP contribution in [0.3, 0.4) is 0 Å². The summed E-state index contributed by atoms with van der Waals surface area (Å²) in [5.74, 6) is -0.486. The number of carbonyl (C=O) groups is 1. The number of rotatable bonds is 4. The fourth-order valence-electron chi connectivity index (χ4n) is 1.62. The van der Waals surface area contributed by atoms with Crippen molar-refractivity contribution in [2.45, 2.75) is 13.0 Å². The van der Waals surface area contributed by atoms with Crippen molar-refractivity contribution in [1.82, 2.24) is 4.72 Å². The Kier molecular flexibility index (Phi) is 6.51. The first-order valence-electron chi connectivity index (χ1n) is 6.19. The number of hydrogen-bond acceptors (Lipinski definition) is 4. The molecule has 0 saturated heterocycles. The molecule has 23 heavy (non-hydrogen) atoms. The van der Waals surface area contributed by atoms with Gasteiger partial charge in [0.15, 0.2) is 6.54 Å². The fraction of sp³-hybridized carbons (Fsp3) is 0.273. The third-order valence-corrected chi connectivity index (χ3v) is 3.92. The van der Waals surface area contributed by atoms with Crippen LogP contribution in [0.5, 0.6) is 0 Å². The van der Waals surface area contributed by atoms with Crippen molar-refractivity contribution in [1.29, 1.82) is 0 Å². The van der Waals surface area contributed by atoms with Crippen LogP contribution in [0.2, 0.25) is 0 Å². The zero-order valence-corrected chi connectivity index (χ0v) is 13.5. The first-order valence-corrected chi connectivity index (χ1v) is 8.96. The molecule has 0 atom stereocenters. The molecular formula is C11H13BF4N2O3S2. The van der Waals surface area contributed by atoms with Crippen molar-refractivity contribution in [3.8, 4) is 0 Å². The molecule has 0 unspecified atom stereocenters. The van der Waals surface area contributed by atoms with Gasteiger partial charge >= 0.3 is 7.25 Å². The van der Waals surface area contributed by atoms with Gasteiger partial charge in [-0.25, -0.2) is 8.42 Å². The molecule has 0 fully saturated rings. The number of nitrogens with one attached hydrogen (secondary N) is 1. The van der Waals surface area contributed by atoms with E-state index in [9.17, 15) is 30.5 Å². The van der Waals surface area contributed by atoms with E-state index >= 15 is 0 Å². The van der Waals surface area contributed by atoms with Gasteiger partial charge in [-0.3, -0.25) is 9.52 Å². The number of fused-ring (bicyclic) bond motifs is 1. The number of nitrogens with zero attached hydrogens (tertiary/aromatic N) is 1. The van der Waals surface area contributed by atoms with Crippen LogP contribution >= 0.6 is 11.3 Å². The van der Waals surface area contributed by atoms with Crippen LogP contribution in [0.4, 0.5) is 17.3 Å². The number of carbonyl (C=O) groups excluding carboxylic acids is 1. The molecule has 0 radical (unpaired) electrons. The van der Waals surface area contributed by atoms with Crippen molar-refractivity contribution >= 4 is 44.7 Å². The first kappa shape index (κ1) is 19.4. The normalized spacial score (nSPS) is 11.7. The standard InChI is InChI=1S/C11H12N2O3S2.BF4/c1-18(15,16)12-11(14)6-7-13-8-17-10-5-3-2-4-9(10)13;2-1(3,4)5/h2-5,8H,6-7H2,1H3;/q;-1/p+1. The van der Waals surface area contributed by atoms with E-state index in [0.29, 0.717) is 6.54 Å². The maximum atomic E-state index is 11.4. The van der Waals surface area contributed by atoms with Gasteiger partial charge in [-0.15, -0.1) is 0 Å². The summed E-state index contributed by atoms with van der Waals surface area (Å²) in [4.78, 5) is 11.4. The Morgan fingerprint density at radius 3 is 2.39 bits per heavy atom. The van der Waals surface area contributed by atoms with Crippen LogP contribution < -0.4 is 9.29 Å². The Labute approximate surface area is 134 Å². The fourth-order valence-corrected chi connectivity index (χ4v) is 3.06. The zero-order chi connectivity index (χ0) is 17.7. The van der Waals surface area contributed by atoms with Gasteiger partial charge in [0.05, 0.1) is 12.7 Å². The lowest BCUT2D eigenvalue weighted by molar-refractivity contribution is -0.665. The van der Waals surface area contributed by atoms with Gasteiger partial charge in [-0.05, 0) is 6.07 Å². The van der Waals surface area contributed by atoms with Crippen LogP contribution in [0.25, 0.3) is 10.2 Å². The van der Waals surface area contributed by atoms with Crippen molar-refractivity contribution < 1.29 is 35.0 Å². The van der Waals surface area contributed by atoms with Crippen molar-refractivity contribution in [2.24, 2.45) is 0 Å². The van der Waals surface area contributed by atoms with Gasteiger partial charge in [0.2, 0.25) is 27.0 Å². The topological polar surface area (TPSA) is 67.1 Å². The molecule has 0 aliphatic heterocycles. The Morgan fingerprint density at radius 1 is 1.26 bits per heavy atom. The molecule has 1 aromatic heterocycles. The smallest absolute Gasteiger partial charge is 0.418 e. The summed E-state index contributed by atoms with van der Waals surface area (Å²) < 4.78 is 65.8. The van der Waals surface area contributed by atoms with E-state index < -0.39 is 23.2 Å². The minimum absolute atomic E-state index is 0.137. The third kappa shape index (κ3) is 8.50. The predicted molar refractivity (Wildman–Crippen MR) is 79.8 cm³/mol. The summed E-state index contributed by atoms with van der Waals surface area (Å²) in [5, 5.41) is 0. The van der Waals surface area contributed by atoms with Crippen LogP contribution in [0, 0.1) is 0 Å². The number of hydrogen-bond donors (Lipinski definition) is 1. The second kappa shape index (κ2) is 7.73. The molecule has 2 aromatic rings. The minimum atomic E-state index is -6.00. The highest BCUT2D eigenvalue weighted by atomic mass is 32.2. The zero-order valence-electron chi connectivity index (χ0n) is 11.9. The Bertz CT molecular complexity index is 771. The largest absolute Gasteiger partial charge is 0.673 e. The van der Waals surface area contributed by atoms with Gasteiger partial charge < -0.3 is 17.3 Å². The number of benzene rings is 1. The van der Waals surface area contributed by atoms with E-state index in [1.807, 2.05) is 39.1 Å². The highest BCUT2D eigenvalue weighted by Crippen LogP contribution is 2.14. The third-order valence-electron chi connectivity index (χ3n) is 2.36. The number of para-hydroxylation sites is 1. The van der Waals surface area contributed by atoms with Gasteiger partial charge in [-0.2, -0.15) is 4.57 Å². The number of aromatic nitrogens is 1. The van der Waals surface area contributed by atoms with Gasteiger partial charge in [0.25, 0.3) is 0 Å². The average molecular weight is 372 g/mol. The lowest BCUT2D eigenvalue weighted by atomic mass is 10.3. The number of amides is 1. The summed E-state index contributed by atoms with van der Waals surface area (Å²) >= 11 is 1.59. The van der Waals surface area contributed by atoms with Crippen LogP contribution in [-0.2, 0) is 21.4 Å². The minimum Gasteiger partial charge on any atom is -0.418 e. The van der Waals surface area contributed by atoms with E-state index in [1.54, 1.807) is 11.3 Å². The summed E-state index contributed by atoms with van der Waals surface area (Å²) in [5.41, 5.74) is 2.98. The summed E-state index contributed by atoms with van der Waals surface area (Å²) in [6.07, 6.45) is 1.11. The Morgan fingerprint density at radius 2 is 1.83 bits per heavy atom. The van der Waals surface area contributed by atoms with Gasteiger partial charge in [0, 0.05) is 6.07 Å². The maximum Gasteiger partial charge on any atom is 0.673 e. The second-order valence-corrected chi connectivity index (χ2v) is 7.06. The number of aryl methyl sites for hydroxylation is 1. The molecule has 1 aromatic carbocycles. The van der Waals surface area contributed by atoms with E-state index in [0.717, 1.165) is 16.5 Å². The molecule has 0 spiro atoms. The molecule has 0 aliphatic rings.